The standard InChI is InChI=1S/C10H12O2.K.H/c1-2-10(11)12-8-9-6-4-3-5-7-9;;/h3-7H,2,8H2,1H3;;. The number of ether oxygens (including phenoxy) is 1. The summed E-state index contributed by atoms with van der Waals surface area (Å²) in [5.74, 6) is -0.154. The number of carbonyl (C=O) groups excluding carboxylic acids is 1. The third kappa shape index (κ3) is 5.60. The first kappa shape index (κ1) is 13.3. The van der Waals surface area contributed by atoms with E-state index in [2.05, 4.69) is 0 Å². The molecule has 1 aromatic carbocycles. The van der Waals surface area contributed by atoms with E-state index in [0.29, 0.717) is 13.0 Å². The van der Waals surface area contributed by atoms with Gasteiger partial charge in [-0.2, -0.15) is 0 Å². The second kappa shape index (κ2) is 7.70. The molecule has 0 bridgehead atoms. The number of hydrogen-bond donors (Lipinski definition) is 0. The van der Waals surface area contributed by atoms with Gasteiger partial charge in [0.25, 0.3) is 0 Å². The van der Waals surface area contributed by atoms with E-state index >= 15 is 0 Å². The van der Waals surface area contributed by atoms with E-state index in [1.54, 1.807) is 6.92 Å². The van der Waals surface area contributed by atoms with Crippen LogP contribution in [0.2, 0.25) is 0 Å². The van der Waals surface area contributed by atoms with Crippen LogP contribution in [0.4, 0.5) is 0 Å². The number of hydrogen-bond acceptors (Lipinski definition) is 2. The Labute approximate surface area is 121 Å². The third-order valence-corrected chi connectivity index (χ3v) is 1.53. The maximum atomic E-state index is 10.8. The fraction of sp³-hybridized carbons (Fsp3) is 0.300. The van der Waals surface area contributed by atoms with Crippen molar-refractivity contribution in [3.05, 3.63) is 35.9 Å². The van der Waals surface area contributed by atoms with Crippen LogP contribution < -0.4 is 0 Å². The van der Waals surface area contributed by atoms with Gasteiger partial charge in [0, 0.05) is 6.42 Å². The Kier molecular flexibility index (Phi) is 7.90. The predicted octanol–water partition coefficient (Wildman–Crippen LogP) is 1.49. The van der Waals surface area contributed by atoms with Crippen LogP contribution in [-0.2, 0) is 16.1 Å². The molecule has 0 fully saturated rings. The van der Waals surface area contributed by atoms with E-state index in [9.17, 15) is 4.79 Å². The normalized spacial score (nSPS) is 8.69. The molecule has 0 spiro atoms. The quantitative estimate of drug-likeness (QED) is 0.551. The molecular weight excluding hydrogens is 191 g/mol. The summed E-state index contributed by atoms with van der Waals surface area (Å²) in [5.41, 5.74) is 1.03. The van der Waals surface area contributed by atoms with Gasteiger partial charge in [-0.05, 0) is 5.56 Å². The molecule has 0 amide bonds. The first-order valence-electron chi connectivity index (χ1n) is 4.02. The summed E-state index contributed by atoms with van der Waals surface area (Å²) in [4.78, 5) is 10.8. The summed E-state index contributed by atoms with van der Waals surface area (Å²) in [6, 6.07) is 9.65. The van der Waals surface area contributed by atoms with Crippen molar-refractivity contribution in [1.29, 1.82) is 0 Å². The van der Waals surface area contributed by atoms with Crippen molar-refractivity contribution in [2.75, 3.05) is 0 Å². The van der Waals surface area contributed by atoms with Crippen molar-refractivity contribution in [3.63, 3.8) is 0 Å². The molecule has 0 aromatic heterocycles. The Morgan fingerprint density at radius 1 is 1.31 bits per heavy atom. The van der Waals surface area contributed by atoms with Crippen LogP contribution in [-0.4, -0.2) is 57.4 Å². The summed E-state index contributed by atoms with van der Waals surface area (Å²) >= 11 is 0. The zero-order chi connectivity index (χ0) is 8.81. The molecule has 1 aromatic rings. The van der Waals surface area contributed by atoms with Gasteiger partial charge in [0.15, 0.2) is 0 Å². The molecule has 3 heteroatoms. The molecule has 0 unspecified atom stereocenters. The summed E-state index contributed by atoms with van der Waals surface area (Å²) in [5, 5.41) is 0. The summed E-state index contributed by atoms with van der Waals surface area (Å²) in [7, 11) is 0. The number of rotatable bonds is 3. The van der Waals surface area contributed by atoms with Crippen LogP contribution in [0, 0.1) is 0 Å². The minimum atomic E-state index is -0.154. The predicted molar refractivity (Wildman–Crippen MR) is 53.7 cm³/mol. The van der Waals surface area contributed by atoms with Crippen LogP contribution >= 0.6 is 0 Å². The average Bonchev–Trinajstić information content (AvgIpc) is 2.16. The van der Waals surface area contributed by atoms with Crippen LogP contribution in [0.3, 0.4) is 0 Å². The van der Waals surface area contributed by atoms with Crippen LogP contribution in [0.15, 0.2) is 30.3 Å². The van der Waals surface area contributed by atoms with Gasteiger partial charge in [-0.3, -0.25) is 4.79 Å². The monoisotopic (exact) mass is 204 g/mol. The second-order valence-corrected chi connectivity index (χ2v) is 2.50. The van der Waals surface area contributed by atoms with Crippen molar-refractivity contribution in [2.24, 2.45) is 0 Å². The second-order valence-electron chi connectivity index (χ2n) is 2.50. The molecule has 0 aliphatic heterocycles. The number of esters is 1. The molecule has 1 rings (SSSR count). The van der Waals surface area contributed by atoms with Crippen LogP contribution in [0.25, 0.3) is 0 Å². The molecule has 0 saturated heterocycles. The Bertz CT molecular complexity index is 246. The maximum absolute atomic E-state index is 10.8. The van der Waals surface area contributed by atoms with Crippen molar-refractivity contribution in [3.8, 4) is 0 Å². The molecule has 13 heavy (non-hydrogen) atoms. The molecule has 0 saturated carbocycles. The zero-order valence-corrected chi connectivity index (χ0v) is 7.12. The topological polar surface area (TPSA) is 26.3 Å². The van der Waals surface area contributed by atoms with Gasteiger partial charge in [0.05, 0.1) is 0 Å². The van der Waals surface area contributed by atoms with E-state index in [1.807, 2.05) is 30.3 Å². The van der Waals surface area contributed by atoms with E-state index in [4.69, 9.17) is 4.74 Å². The third-order valence-electron chi connectivity index (χ3n) is 1.53. The first-order valence-corrected chi connectivity index (χ1v) is 4.02. The van der Waals surface area contributed by atoms with Gasteiger partial charge in [0.1, 0.15) is 6.61 Å². The fourth-order valence-electron chi connectivity index (χ4n) is 0.840. The van der Waals surface area contributed by atoms with Crippen molar-refractivity contribution >= 4 is 57.4 Å². The van der Waals surface area contributed by atoms with E-state index in [1.165, 1.54) is 0 Å². The zero-order valence-electron chi connectivity index (χ0n) is 7.12. The van der Waals surface area contributed by atoms with Crippen LogP contribution in [0.1, 0.15) is 18.9 Å². The number of carbonyl (C=O) groups is 1. The molecular formula is C10H13KO2. The van der Waals surface area contributed by atoms with E-state index < -0.39 is 0 Å². The van der Waals surface area contributed by atoms with E-state index in [0.717, 1.165) is 5.56 Å². The first-order chi connectivity index (χ1) is 5.83. The summed E-state index contributed by atoms with van der Waals surface area (Å²) in [6.07, 6.45) is 0.437. The molecule has 0 radical (unpaired) electrons. The van der Waals surface area contributed by atoms with Gasteiger partial charge in [-0.1, -0.05) is 37.3 Å². The van der Waals surface area contributed by atoms with Gasteiger partial charge >= 0.3 is 57.4 Å². The Morgan fingerprint density at radius 3 is 2.46 bits per heavy atom. The fourth-order valence-corrected chi connectivity index (χ4v) is 0.840. The number of benzene rings is 1. The Balaban J connectivity index is 0.00000144. The van der Waals surface area contributed by atoms with Crippen LogP contribution in [0.5, 0.6) is 0 Å². The Morgan fingerprint density at radius 2 is 1.92 bits per heavy atom. The molecule has 0 N–H and O–H groups in total. The molecule has 0 heterocycles. The van der Waals surface area contributed by atoms with Gasteiger partial charge < -0.3 is 4.74 Å². The molecule has 0 aliphatic rings. The molecule has 0 atom stereocenters. The molecule has 66 valence electrons. The van der Waals surface area contributed by atoms with Crippen molar-refractivity contribution in [2.45, 2.75) is 20.0 Å². The SMILES string of the molecule is CCC(=O)OCc1ccccc1.[KH]. The average molecular weight is 204 g/mol. The Hall–Kier alpha value is 0.326. The molecule has 2 nitrogen and oxygen atoms in total. The summed E-state index contributed by atoms with van der Waals surface area (Å²) < 4.78 is 4.94. The van der Waals surface area contributed by atoms with E-state index in [-0.39, 0.29) is 57.4 Å². The van der Waals surface area contributed by atoms with Crippen molar-refractivity contribution < 1.29 is 9.53 Å². The minimum absolute atomic E-state index is 0. The van der Waals surface area contributed by atoms with Gasteiger partial charge in [-0.25, -0.2) is 0 Å². The molecule has 0 aliphatic carbocycles. The van der Waals surface area contributed by atoms with Crippen molar-refractivity contribution in [1.82, 2.24) is 0 Å². The summed E-state index contributed by atoms with van der Waals surface area (Å²) in [6.45, 7) is 2.17. The van der Waals surface area contributed by atoms with Gasteiger partial charge in [-0.15, -0.1) is 0 Å². The van der Waals surface area contributed by atoms with Gasteiger partial charge in [0.2, 0.25) is 0 Å².